The number of urea groups is 1. The fraction of sp³-hybridized carbons (Fsp3) is 0.400. The number of carbonyl (C=O) groups excluding carboxylic acids is 2. The topological polar surface area (TPSA) is 83.2 Å². The van der Waals surface area contributed by atoms with Gasteiger partial charge in [0.15, 0.2) is 0 Å². The van der Waals surface area contributed by atoms with Gasteiger partial charge >= 0.3 is 12.0 Å². The van der Waals surface area contributed by atoms with Crippen LogP contribution in [0.2, 0.25) is 0 Å². The molecule has 3 N–H and O–H groups in total. The minimum atomic E-state index is -0.451. The number of hydrogen-bond donors (Lipinski definition) is 3. The first-order valence-corrected chi connectivity index (χ1v) is 4.94. The van der Waals surface area contributed by atoms with Gasteiger partial charge in [-0.1, -0.05) is 0 Å². The van der Waals surface area contributed by atoms with Crippen molar-refractivity contribution in [3.05, 3.63) is 17.5 Å². The van der Waals surface area contributed by atoms with E-state index >= 15 is 0 Å². The Morgan fingerprint density at radius 1 is 1.50 bits per heavy atom. The minimum Gasteiger partial charge on any atom is -0.462 e. The maximum atomic E-state index is 11.6. The molecule has 0 atom stereocenters. The summed E-state index contributed by atoms with van der Waals surface area (Å²) >= 11 is 0. The van der Waals surface area contributed by atoms with E-state index in [2.05, 4.69) is 15.6 Å². The average molecular weight is 225 g/mol. The van der Waals surface area contributed by atoms with Gasteiger partial charge in [0.05, 0.1) is 12.3 Å². The van der Waals surface area contributed by atoms with E-state index in [0.29, 0.717) is 23.6 Å². The Kier molecular flexibility index (Phi) is 3.93. The van der Waals surface area contributed by atoms with Crippen molar-refractivity contribution in [3.63, 3.8) is 0 Å². The lowest BCUT2D eigenvalue weighted by Gasteiger charge is -2.06. The number of hydrogen-bond acceptors (Lipinski definition) is 3. The molecular weight excluding hydrogens is 210 g/mol. The second kappa shape index (κ2) is 5.20. The molecule has 0 saturated heterocycles. The second-order valence-corrected chi connectivity index (χ2v) is 3.13. The number of aromatic amines is 1. The van der Waals surface area contributed by atoms with Crippen LogP contribution in [0, 0.1) is 6.92 Å². The second-order valence-electron chi connectivity index (χ2n) is 3.13. The molecule has 6 nitrogen and oxygen atoms in total. The van der Waals surface area contributed by atoms with Crippen LogP contribution in [0.25, 0.3) is 0 Å². The SMILES string of the molecule is CCOC(=O)c1c(NC(=O)NC)c[nH]c1C. The molecule has 0 aliphatic rings. The summed E-state index contributed by atoms with van der Waals surface area (Å²) in [6.07, 6.45) is 1.55. The lowest BCUT2D eigenvalue weighted by molar-refractivity contribution is 0.0527. The lowest BCUT2D eigenvalue weighted by Crippen LogP contribution is -2.25. The number of rotatable bonds is 3. The third-order valence-electron chi connectivity index (χ3n) is 2.03. The number of nitrogens with one attached hydrogen (secondary N) is 3. The Bertz CT molecular complexity index is 398. The fourth-order valence-electron chi connectivity index (χ4n) is 1.28. The van der Waals surface area contributed by atoms with Gasteiger partial charge in [-0.15, -0.1) is 0 Å². The first-order valence-electron chi connectivity index (χ1n) is 4.94. The Morgan fingerprint density at radius 3 is 2.75 bits per heavy atom. The maximum absolute atomic E-state index is 11.6. The molecule has 88 valence electrons. The van der Waals surface area contributed by atoms with Crippen LogP contribution in [0.3, 0.4) is 0 Å². The van der Waals surface area contributed by atoms with E-state index in [1.807, 2.05) is 0 Å². The van der Waals surface area contributed by atoms with Crippen LogP contribution in [0.15, 0.2) is 6.20 Å². The summed E-state index contributed by atoms with van der Waals surface area (Å²) in [4.78, 5) is 25.6. The average Bonchev–Trinajstić information content (AvgIpc) is 2.60. The van der Waals surface area contributed by atoms with Gasteiger partial charge in [0.25, 0.3) is 0 Å². The molecule has 0 fully saturated rings. The highest BCUT2D eigenvalue weighted by Gasteiger charge is 2.18. The zero-order valence-electron chi connectivity index (χ0n) is 9.51. The maximum Gasteiger partial charge on any atom is 0.342 e. The first-order chi connectivity index (χ1) is 7.60. The molecule has 0 aromatic carbocycles. The molecular formula is C10H15N3O3. The Hall–Kier alpha value is -1.98. The number of carbonyl (C=O) groups is 2. The van der Waals surface area contributed by atoms with E-state index in [-0.39, 0.29) is 6.03 Å². The monoisotopic (exact) mass is 225 g/mol. The predicted octanol–water partition coefficient (Wildman–Crippen LogP) is 1.25. The summed E-state index contributed by atoms with van der Waals surface area (Å²) in [5.41, 5.74) is 1.42. The van der Waals surface area contributed by atoms with Crippen molar-refractivity contribution in [2.45, 2.75) is 13.8 Å². The third-order valence-corrected chi connectivity index (χ3v) is 2.03. The van der Waals surface area contributed by atoms with Gasteiger partial charge in [-0.25, -0.2) is 9.59 Å². The van der Waals surface area contributed by atoms with Crippen LogP contribution < -0.4 is 10.6 Å². The zero-order valence-corrected chi connectivity index (χ0v) is 9.51. The summed E-state index contributed by atoms with van der Waals surface area (Å²) in [5, 5.41) is 4.94. The van der Waals surface area contributed by atoms with Crippen LogP contribution in [0.5, 0.6) is 0 Å². The molecule has 1 heterocycles. The Labute approximate surface area is 93.4 Å². The van der Waals surface area contributed by atoms with E-state index in [0.717, 1.165) is 0 Å². The molecule has 0 aliphatic carbocycles. The van der Waals surface area contributed by atoms with E-state index in [1.54, 1.807) is 20.0 Å². The molecule has 16 heavy (non-hydrogen) atoms. The van der Waals surface area contributed by atoms with Gasteiger partial charge in [0.1, 0.15) is 5.56 Å². The number of amides is 2. The summed E-state index contributed by atoms with van der Waals surface area (Å²) in [6, 6.07) is -0.385. The quantitative estimate of drug-likeness (QED) is 0.677. The van der Waals surface area contributed by atoms with E-state index < -0.39 is 5.97 Å². The third kappa shape index (κ3) is 2.53. The number of H-pyrrole nitrogens is 1. The molecule has 1 rings (SSSR count). The first kappa shape index (κ1) is 12.1. The van der Waals surface area contributed by atoms with Crippen molar-refractivity contribution in [2.24, 2.45) is 0 Å². The molecule has 0 radical (unpaired) electrons. The summed E-state index contributed by atoms with van der Waals surface area (Å²) in [6.45, 7) is 3.76. The van der Waals surface area contributed by atoms with E-state index in [9.17, 15) is 9.59 Å². The van der Waals surface area contributed by atoms with Gasteiger partial charge in [0, 0.05) is 18.9 Å². The lowest BCUT2D eigenvalue weighted by atomic mass is 10.2. The van der Waals surface area contributed by atoms with Crippen molar-refractivity contribution in [1.82, 2.24) is 10.3 Å². The van der Waals surface area contributed by atoms with Crippen molar-refractivity contribution < 1.29 is 14.3 Å². The van der Waals surface area contributed by atoms with Gasteiger partial charge in [0.2, 0.25) is 0 Å². The van der Waals surface area contributed by atoms with Crippen molar-refractivity contribution in [2.75, 3.05) is 19.0 Å². The standard InChI is InChI=1S/C10H15N3O3/c1-4-16-9(14)8-6(2)12-5-7(8)13-10(15)11-3/h5,12H,4H2,1-3H3,(H2,11,13,15). The highest BCUT2D eigenvalue weighted by Crippen LogP contribution is 2.20. The van der Waals surface area contributed by atoms with Crippen molar-refractivity contribution >= 4 is 17.7 Å². The van der Waals surface area contributed by atoms with Gasteiger partial charge in [-0.2, -0.15) is 0 Å². The van der Waals surface area contributed by atoms with Gasteiger partial charge in [-0.3, -0.25) is 0 Å². The summed E-state index contributed by atoms with van der Waals surface area (Å²) in [7, 11) is 1.50. The van der Waals surface area contributed by atoms with E-state index in [1.165, 1.54) is 7.05 Å². The zero-order chi connectivity index (χ0) is 12.1. The molecule has 1 aromatic heterocycles. The molecule has 0 bridgehead atoms. The molecule has 6 heteroatoms. The highest BCUT2D eigenvalue weighted by atomic mass is 16.5. The molecule has 0 aliphatic heterocycles. The minimum absolute atomic E-state index is 0.295. The van der Waals surface area contributed by atoms with E-state index in [4.69, 9.17) is 4.74 Å². The highest BCUT2D eigenvalue weighted by molar-refractivity contribution is 6.01. The molecule has 0 spiro atoms. The van der Waals surface area contributed by atoms with Gasteiger partial charge in [-0.05, 0) is 13.8 Å². The number of ether oxygens (including phenoxy) is 1. The molecule has 1 aromatic rings. The number of anilines is 1. The largest absolute Gasteiger partial charge is 0.462 e. The molecule has 0 saturated carbocycles. The van der Waals surface area contributed by atoms with Crippen LogP contribution in [-0.4, -0.2) is 30.6 Å². The van der Waals surface area contributed by atoms with Crippen LogP contribution in [0.1, 0.15) is 23.0 Å². The summed E-state index contributed by atoms with van der Waals surface area (Å²) < 4.78 is 4.89. The van der Waals surface area contributed by atoms with Crippen molar-refractivity contribution in [1.29, 1.82) is 0 Å². The van der Waals surface area contributed by atoms with Gasteiger partial charge < -0.3 is 20.4 Å². The van der Waals surface area contributed by atoms with Crippen LogP contribution >= 0.6 is 0 Å². The number of esters is 1. The van der Waals surface area contributed by atoms with Crippen LogP contribution in [-0.2, 0) is 4.74 Å². The van der Waals surface area contributed by atoms with Crippen molar-refractivity contribution in [3.8, 4) is 0 Å². The summed E-state index contributed by atoms with van der Waals surface area (Å²) in [5.74, 6) is -0.451. The Balaban J connectivity index is 2.93. The molecule has 2 amide bonds. The fourth-order valence-corrected chi connectivity index (χ4v) is 1.28. The Morgan fingerprint density at radius 2 is 2.19 bits per heavy atom. The normalized spacial score (nSPS) is 9.69. The predicted molar refractivity (Wildman–Crippen MR) is 59.6 cm³/mol. The number of aromatic nitrogens is 1. The smallest absolute Gasteiger partial charge is 0.342 e. The number of aryl methyl sites for hydroxylation is 1. The van der Waals surface area contributed by atoms with Crippen LogP contribution in [0.4, 0.5) is 10.5 Å². The molecule has 0 unspecified atom stereocenters.